The summed E-state index contributed by atoms with van der Waals surface area (Å²) in [4.78, 5) is 0. The summed E-state index contributed by atoms with van der Waals surface area (Å²) in [7, 11) is 0. The van der Waals surface area contributed by atoms with Gasteiger partial charge in [0, 0.05) is 12.6 Å². The second-order valence-corrected chi connectivity index (χ2v) is 4.46. The second kappa shape index (κ2) is 6.92. The van der Waals surface area contributed by atoms with E-state index in [2.05, 4.69) is 0 Å². The lowest BCUT2D eigenvalue weighted by atomic mass is 10.0. The van der Waals surface area contributed by atoms with Crippen molar-refractivity contribution in [2.45, 2.75) is 18.9 Å². The van der Waals surface area contributed by atoms with Gasteiger partial charge in [0.2, 0.25) is 0 Å². The quantitative estimate of drug-likeness (QED) is 0.835. The van der Waals surface area contributed by atoms with E-state index in [4.69, 9.17) is 15.6 Å². The molecule has 0 aliphatic rings. The second-order valence-electron chi connectivity index (χ2n) is 4.46. The van der Waals surface area contributed by atoms with Crippen LogP contribution < -0.4 is 10.5 Å². The molecule has 0 fully saturated rings. The molecule has 0 amide bonds. The Balaban J connectivity index is 2.06. The van der Waals surface area contributed by atoms with E-state index in [1.807, 2.05) is 54.6 Å². The Morgan fingerprint density at radius 1 is 1.00 bits per heavy atom. The zero-order valence-electron chi connectivity index (χ0n) is 10.8. The maximum Gasteiger partial charge on any atom is 0.127 e. The zero-order chi connectivity index (χ0) is 13.5. The third kappa shape index (κ3) is 4.09. The van der Waals surface area contributed by atoms with Crippen LogP contribution in [0.2, 0.25) is 0 Å². The third-order valence-corrected chi connectivity index (χ3v) is 2.94. The molecule has 0 saturated heterocycles. The molecule has 0 aromatic heterocycles. The van der Waals surface area contributed by atoms with Gasteiger partial charge in [-0.3, -0.25) is 0 Å². The van der Waals surface area contributed by atoms with Crippen molar-refractivity contribution in [2.24, 2.45) is 5.73 Å². The van der Waals surface area contributed by atoms with Crippen LogP contribution in [0, 0.1) is 0 Å². The Kier molecular flexibility index (Phi) is 4.95. The standard InChI is InChI=1S/C16H19NO2/c17-16(10-5-11-18)13-6-4-9-15(12-13)19-14-7-2-1-3-8-14/h1-4,6-9,12,16,18H,5,10-11,17H2/t16-/m0/s1. The van der Waals surface area contributed by atoms with Gasteiger partial charge in [-0.1, -0.05) is 30.3 Å². The van der Waals surface area contributed by atoms with E-state index in [-0.39, 0.29) is 12.6 Å². The molecule has 0 aliphatic carbocycles. The maximum absolute atomic E-state index is 8.83. The van der Waals surface area contributed by atoms with Crippen molar-refractivity contribution in [3.8, 4) is 11.5 Å². The van der Waals surface area contributed by atoms with Crippen molar-refractivity contribution in [2.75, 3.05) is 6.61 Å². The monoisotopic (exact) mass is 257 g/mol. The third-order valence-electron chi connectivity index (χ3n) is 2.94. The first-order valence-electron chi connectivity index (χ1n) is 6.49. The number of hydrogen-bond donors (Lipinski definition) is 2. The largest absolute Gasteiger partial charge is 0.457 e. The van der Waals surface area contributed by atoms with E-state index in [0.717, 1.165) is 23.5 Å². The SMILES string of the molecule is N[C@@H](CCCO)c1cccc(Oc2ccccc2)c1. The number of para-hydroxylation sites is 1. The lowest BCUT2D eigenvalue weighted by molar-refractivity contribution is 0.280. The van der Waals surface area contributed by atoms with Crippen LogP contribution in [0.3, 0.4) is 0 Å². The Morgan fingerprint density at radius 3 is 2.47 bits per heavy atom. The molecule has 100 valence electrons. The van der Waals surface area contributed by atoms with Gasteiger partial charge in [0.25, 0.3) is 0 Å². The van der Waals surface area contributed by atoms with Gasteiger partial charge in [0.05, 0.1) is 0 Å². The van der Waals surface area contributed by atoms with Gasteiger partial charge >= 0.3 is 0 Å². The molecule has 0 spiro atoms. The first-order chi connectivity index (χ1) is 9.29. The Labute approximate surface area is 113 Å². The van der Waals surface area contributed by atoms with E-state index in [1.54, 1.807) is 0 Å². The molecule has 0 heterocycles. The average molecular weight is 257 g/mol. The van der Waals surface area contributed by atoms with Crippen molar-refractivity contribution in [1.29, 1.82) is 0 Å². The Morgan fingerprint density at radius 2 is 1.74 bits per heavy atom. The Hall–Kier alpha value is -1.84. The van der Waals surface area contributed by atoms with Gasteiger partial charge in [-0.25, -0.2) is 0 Å². The molecule has 0 saturated carbocycles. The molecular formula is C16H19NO2. The highest BCUT2D eigenvalue weighted by molar-refractivity contribution is 5.34. The average Bonchev–Trinajstić information content (AvgIpc) is 2.46. The summed E-state index contributed by atoms with van der Waals surface area (Å²) in [5.41, 5.74) is 7.11. The molecule has 2 rings (SSSR count). The van der Waals surface area contributed by atoms with Crippen molar-refractivity contribution < 1.29 is 9.84 Å². The number of nitrogens with two attached hydrogens (primary N) is 1. The molecule has 2 aromatic rings. The van der Waals surface area contributed by atoms with Gasteiger partial charge in [-0.05, 0) is 42.7 Å². The van der Waals surface area contributed by atoms with Gasteiger partial charge in [-0.2, -0.15) is 0 Å². The van der Waals surface area contributed by atoms with E-state index in [9.17, 15) is 0 Å². The molecule has 3 heteroatoms. The fourth-order valence-electron chi connectivity index (χ4n) is 1.91. The van der Waals surface area contributed by atoms with Gasteiger partial charge < -0.3 is 15.6 Å². The lowest BCUT2D eigenvalue weighted by Gasteiger charge is -2.13. The summed E-state index contributed by atoms with van der Waals surface area (Å²) in [6, 6.07) is 17.4. The van der Waals surface area contributed by atoms with Crippen LogP contribution in [-0.4, -0.2) is 11.7 Å². The minimum absolute atomic E-state index is 0.0635. The highest BCUT2D eigenvalue weighted by Gasteiger charge is 2.07. The molecule has 3 N–H and O–H groups in total. The van der Waals surface area contributed by atoms with Crippen molar-refractivity contribution in [1.82, 2.24) is 0 Å². The van der Waals surface area contributed by atoms with Crippen molar-refractivity contribution >= 4 is 0 Å². The fourth-order valence-corrected chi connectivity index (χ4v) is 1.91. The molecule has 1 atom stereocenters. The number of ether oxygens (including phenoxy) is 1. The summed E-state index contributed by atoms with van der Waals surface area (Å²) in [5, 5.41) is 8.83. The first kappa shape index (κ1) is 13.6. The number of aliphatic hydroxyl groups excluding tert-OH is 1. The summed E-state index contributed by atoms with van der Waals surface area (Å²) in [6.45, 7) is 0.175. The summed E-state index contributed by atoms with van der Waals surface area (Å²) >= 11 is 0. The van der Waals surface area contributed by atoms with Crippen molar-refractivity contribution in [3.63, 3.8) is 0 Å². The molecule has 3 nitrogen and oxygen atoms in total. The number of aliphatic hydroxyl groups is 1. The van der Waals surface area contributed by atoms with Crippen LogP contribution in [0.15, 0.2) is 54.6 Å². The topological polar surface area (TPSA) is 55.5 Å². The molecule has 2 aromatic carbocycles. The summed E-state index contributed by atoms with van der Waals surface area (Å²) < 4.78 is 5.77. The zero-order valence-corrected chi connectivity index (χ0v) is 10.8. The van der Waals surface area contributed by atoms with Crippen LogP contribution in [0.4, 0.5) is 0 Å². The molecule has 0 radical (unpaired) electrons. The Bertz CT molecular complexity index is 499. The molecule has 19 heavy (non-hydrogen) atoms. The normalized spacial score (nSPS) is 12.1. The fraction of sp³-hybridized carbons (Fsp3) is 0.250. The minimum atomic E-state index is -0.0635. The molecule has 0 unspecified atom stereocenters. The van der Waals surface area contributed by atoms with E-state index >= 15 is 0 Å². The van der Waals surface area contributed by atoms with E-state index < -0.39 is 0 Å². The number of hydrogen-bond acceptors (Lipinski definition) is 3. The van der Waals surface area contributed by atoms with Crippen LogP contribution in [0.25, 0.3) is 0 Å². The minimum Gasteiger partial charge on any atom is -0.457 e. The lowest BCUT2D eigenvalue weighted by Crippen LogP contribution is -2.10. The predicted molar refractivity (Wildman–Crippen MR) is 76.2 cm³/mol. The number of rotatable bonds is 6. The van der Waals surface area contributed by atoms with E-state index in [0.29, 0.717) is 6.42 Å². The van der Waals surface area contributed by atoms with Crippen LogP contribution in [-0.2, 0) is 0 Å². The maximum atomic E-state index is 8.83. The van der Waals surface area contributed by atoms with Crippen LogP contribution in [0.1, 0.15) is 24.4 Å². The number of benzene rings is 2. The van der Waals surface area contributed by atoms with Crippen molar-refractivity contribution in [3.05, 3.63) is 60.2 Å². The van der Waals surface area contributed by atoms with Crippen LogP contribution >= 0.6 is 0 Å². The van der Waals surface area contributed by atoms with Gasteiger partial charge in [0.15, 0.2) is 0 Å². The molecule has 0 bridgehead atoms. The smallest absolute Gasteiger partial charge is 0.127 e. The van der Waals surface area contributed by atoms with Gasteiger partial charge in [-0.15, -0.1) is 0 Å². The predicted octanol–water partition coefficient (Wildman–Crippen LogP) is 3.25. The van der Waals surface area contributed by atoms with Gasteiger partial charge in [0.1, 0.15) is 11.5 Å². The summed E-state index contributed by atoms with van der Waals surface area (Å²) in [5.74, 6) is 1.59. The first-order valence-corrected chi connectivity index (χ1v) is 6.49. The van der Waals surface area contributed by atoms with E-state index in [1.165, 1.54) is 0 Å². The highest BCUT2D eigenvalue weighted by Crippen LogP contribution is 2.25. The van der Waals surface area contributed by atoms with Crippen LogP contribution in [0.5, 0.6) is 11.5 Å². The molecule has 0 aliphatic heterocycles. The molecular weight excluding hydrogens is 238 g/mol. The summed E-state index contributed by atoms with van der Waals surface area (Å²) in [6.07, 6.45) is 1.48. The highest BCUT2D eigenvalue weighted by atomic mass is 16.5.